The number of rotatable bonds is 11. The number of benzene rings is 1. The van der Waals surface area contributed by atoms with E-state index in [1.807, 2.05) is 25.3 Å². The number of carboxylic acid groups (broad SMARTS) is 1. The summed E-state index contributed by atoms with van der Waals surface area (Å²) >= 11 is 0. The van der Waals surface area contributed by atoms with E-state index in [-0.39, 0.29) is 0 Å². The third-order valence-corrected chi connectivity index (χ3v) is 4.53. The maximum absolute atomic E-state index is 11.9. The molecular formula is C22H29NO4. The van der Waals surface area contributed by atoms with E-state index in [0.29, 0.717) is 24.5 Å². The van der Waals surface area contributed by atoms with Gasteiger partial charge in [-0.25, -0.2) is 4.79 Å². The Kier molecular flexibility index (Phi) is 7.80. The quantitative estimate of drug-likeness (QED) is 0.594. The van der Waals surface area contributed by atoms with E-state index in [2.05, 4.69) is 18.0 Å². The van der Waals surface area contributed by atoms with Crippen molar-refractivity contribution in [1.82, 2.24) is 4.98 Å². The molecule has 1 aromatic carbocycles. The highest BCUT2D eigenvalue weighted by Gasteiger charge is 2.38. The fraction of sp³-hybridized carbons (Fsp3) is 0.455. The molecule has 0 aliphatic carbocycles. The molecule has 0 saturated carbocycles. The molecule has 0 radical (unpaired) electrons. The monoisotopic (exact) mass is 371 g/mol. The van der Waals surface area contributed by atoms with Crippen molar-refractivity contribution >= 4 is 5.97 Å². The van der Waals surface area contributed by atoms with E-state index < -0.39 is 11.6 Å². The Morgan fingerprint density at radius 2 is 1.93 bits per heavy atom. The summed E-state index contributed by atoms with van der Waals surface area (Å²) in [5, 5.41) is 9.71. The van der Waals surface area contributed by atoms with Crippen LogP contribution in [0.3, 0.4) is 0 Å². The minimum atomic E-state index is -1.43. The van der Waals surface area contributed by atoms with Gasteiger partial charge in [0.15, 0.2) is 5.60 Å². The Labute approximate surface area is 161 Å². The zero-order valence-electron chi connectivity index (χ0n) is 16.4. The minimum absolute atomic E-state index is 0.372. The maximum atomic E-state index is 11.9. The van der Waals surface area contributed by atoms with Gasteiger partial charge in [-0.05, 0) is 50.3 Å². The van der Waals surface area contributed by atoms with Crippen LogP contribution in [0, 0.1) is 0 Å². The number of aromatic nitrogens is 1. The first-order chi connectivity index (χ1) is 13.0. The highest BCUT2D eigenvalue weighted by atomic mass is 16.5. The predicted molar refractivity (Wildman–Crippen MR) is 105 cm³/mol. The number of hydrogen-bond acceptors (Lipinski definition) is 4. The van der Waals surface area contributed by atoms with Crippen molar-refractivity contribution in [2.75, 3.05) is 13.2 Å². The third-order valence-electron chi connectivity index (χ3n) is 4.53. The van der Waals surface area contributed by atoms with Gasteiger partial charge in [-0.2, -0.15) is 0 Å². The first-order valence-corrected chi connectivity index (χ1v) is 9.54. The fourth-order valence-corrected chi connectivity index (χ4v) is 2.80. The molecule has 0 amide bonds. The van der Waals surface area contributed by atoms with Crippen molar-refractivity contribution in [3.63, 3.8) is 0 Å². The highest BCUT2D eigenvalue weighted by molar-refractivity contribution is 5.80. The van der Waals surface area contributed by atoms with Gasteiger partial charge in [-0.15, -0.1) is 0 Å². The molecule has 0 spiro atoms. The molecule has 1 heterocycles. The molecule has 27 heavy (non-hydrogen) atoms. The Morgan fingerprint density at radius 3 is 2.56 bits per heavy atom. The van der Waals surface area contributed by atoms with Crippen molar-refractivity contribution in [3.05, 3.63) is 59.4 Å². The van der Waals surface area contributed by atoms with E-state index >= 15 is 0 Å². The molecule has 2 aromatic rings. The van der Waals surface area contributed by atoms with Crippen LogP contribution in [-0.2, 0) is 28.0 Å². The SMILES string of the molecule is CCCOC(C)(C(=O)O)c1ccccc1OCCCc1ccc(CC)cn1. The first kappa shape index (κ1) is 20.9. The Balaban J connectivity index is 2.01. The second-order valence-corrected chi connectivity index (χ2v) is 6.65. The number of ether oxygens (including phenoxy) is 2. The van der Waals surface area contributed by atoms with Crippen molar-refractivity contribution in [1.29, 1.82) is 0 Å². The van der Waals surface area contributed by atoms with Crippen LogP contribution in [0.25, 0.3) is 0 Å². The fourth-order valence-electron chi connectivity index (χ4n) is 2.80. The lowest BCUT2D eigenvalue weighted by Crippen LogP contribution is -2.36. The van der Waals surface area contributed by atoms with Crippen LogP contribution < -0.4 is 4.74 Å². The summed E-state index contributed by atoms with van der Waals surface area (Å²) in [4.78, 5) is 16.3. The molecule has 5 heteroatoms. The number of carbonyl (C=O) groups is 1. The number of aliphatic carboxylic acids is 1. The topological polar surface area (TPSA) is 68.7 Å². The molecule has 1 unspecified atom stereocenters. The molecule has 1 atom stereocenters. The van der Waals surface area contributed by atoms with Crippen LogP contribution in [-0.4, -0.2) is 29.3 Å². The molecule has 146 valence electrons. The van der Waals surface area contributed by atoms with Crippen molar-refractivity contribution in [3.8, 4) is 5.75 Å². The van der Waals surface area contributed by atoms with Crippen LogP contribution in [0.1, 0.15) is 50.4 Å². The van der Waals surface area contributed by atoms with Gasteiger partial charge in [0, 0.05) is 24.1 Å². The summed E-state index contributed by atoms with van der Waals surface area (Å²) in [6.45, 7) is 6.49. The van der Waals surface area contributed by atoms with Crippen LogP contribution >= 0.6 is 0 Å². The summed E-state index contributed by atoms with van der Waals surface area (Å²) in [5.41, 5.74) is 1.37. The number of hydrogen-bond donors (Lipinski definition) is 1. The molecule has 1 N–H and O–H groups in total. The number of para-hydroxylation sites is 1. The average Bonchev–Trinajstić information content (AvgIpc) is 2.70. The maximum Gasteiger partial charge on any atom is 0.340 e. The van der Waals surface area contributed by atoms with Crippen molar-refractivity contribution < 1.29 is 19.4 Å². The van der Waals surface area contributed by atoms with E-state index in [0.717, 1.165) is 31.4 Å². The molecule has 0 bridgehead atoms. The first-order valence-electron chi connectivity index (χ1n) is 9.54. The second-order valence-electron chi connectivity index (χ2n) is 6.65. The molecular weight excluding hydrogens is 342 g/mol. The highest BCUT2D eigenvalue weighted by Crippen LogP contribution is 2.33. The van der Waals surface area contributed by atoms with Crippen LogP contribution in [0.4, 0.5) is 0 Å². The molecule has 0 fully saturated rings. The number of carboxylic acids is 1. The summed E-state index contributed by atoms with van der Waals surface area (Å²) in [7, 11) is 0. The lowest BCUT2D eigenvalue weighted by Gasteiger charge is -2.27. The average molecular weight is 371 g/mol. The minimum Gasteiger partial charge on any atom is -0.493 e. The molecule has 2 rings (SSSR count). The lowest BCUT2D eigenvalue weighted by molar-refractivity contribution is -0.165. The van der Waals surface area contributed by atoms with Gasteiger partial charge in [-0.3, -0.25) is 4.98 Å². The van der Waals surface area contributed by atoms with Crippen LogP contribution in [0.2, 0.25) is 0 Å². The van der Waals surface area contributed by atoms with Gasteiger partial charge in [-0.1, -0.05) is 38.1 Å². The zero-order chi connectivity index (χ0) is 19.7. The summed E-state index contributed by atoms with van der Waals surface area (Å²) in [6, 6.07) is 11.3. The summed E-state index contributed by atoms with van der Waals surface area (Å²) in [6.07, 6.45) is 5.25. The number of pyridine rings is 1. The molecule has 0 aliphatic rings. The standard InChI is InChI=1S/C22H29NO4/c1-4-14-27-22(3,21(24)25)19-10-6-7-11-20(19)26-15-8-9-18-13-12-17(5-2)16-23-18/h6-7,10-13,16H,4-5,8-9,14-15H2,1-3H3,(H,24,25). The Hall–Kier alpha value is -2.40. The van der Waals surface area contributed by atoms with Gasteiger partial charge in [0.2, 0.25) is 0 Å². The van der Waals surface area contributed by atoms with Gasteiger partial charge in [0.25, 0.3) is 0 Å². The van der Waals surface area contributed by atoms with Crippen LogP contribution in [0.15, 0.2) is 42.6 Å². The normalized spacial score (nSPS) is 13.1. The van der Waals surface area contributed by atoms with E-state index in [4.69, 9.17) is 9.47 Å². The lowest BCUT2D eigenvalue weighted by atomic mass is 9.94. The van der Waals surface area contributed by atoms with Crippen LogP contribution in [0.5, 0.6) is 5.75 Å². The number of aryl methyl sites for hydroxylation is 2. The summed E-state index contributed by atoms with van der Waals surface area (Å²) in [5.74, 6) is -0.472. The molecule has 5 nitrogen and oxygen atoms in total. The van der Waals surface area contributed by atoms with Crippen molar-refractivity contribution in [2.24, 2.45) is 0 Å². The molecule has 0 saturated heterocycles. The molecule has 1 aromatic heterocycles. The summed E-state index contributed by atoms with van der Waals surface area (Å²) < 4.78 is 11.6. The Morgan fingerprint density at radius 1 is 1.15 bits per heavy atom. The largest absolute Gasteiger partial charge is 0.493 e. The molecule has 0 aliphatic heterocycles. The Bertz CT molecular complexity index is 729. The van der Waals surface area contributed by atoms with Crippen molar-refractivity contribution in [2.45, 2.75) is 52.1 Å². The van der Waals surface area contributed by atoms with E-state index in [9.17, 15) is 9.90 Å². The van der Waals surface area contributed by atoms with E-state index in [1.54, 1.807) is 25.1 Å². The predicted octanol–water partition coefficient (Wildman–Crippen LogP) is 4.38. The zero-order valence-corrected chi connectivity index (χ0v) is 16.4. The third kappa shape index (κ3) is 5.54. The van der Waals surface area contributed by atoms with Gasteiger partial charge in [0.1, 0.15) is 5.75 Å². The number of nitrogens with zero attached hydrogens (tertiary/aromatic N) is 1. The van der Waals surface area contributed by atoms with Gasteiger partial charge >= 0.3 is 5.97 Å². The smallest absolute Gasteiger partial charge is 0.340 e. The van der Waals surface area contributed by atoms with Gasteiger partial charge < -0.3 is 14.6 Å². The van der Waals surface area contributed by atoms with Gasteiger partial charge in [0.05, 0.1) is 6.61 Å². The van der Waals surface area contributed by atoms with E-state index in [1.165, 1.54) is 5.56 Å². The second kappa shape index (κ2) is 10.1.